The Bertz CT molecular complexity index is 702. The molecule has 0 saturated carbocycles. The van der Waals surface area contributed by atoms with Crippen LogP contribution in [0.2, 0.25) is 0 Å². The molecule has 0 amide bonds. The Kier molecular flexibility index (Phi) is 4.26. The Hall–Kier alpha value is -1.64. The number of aryl methyl sites for hydroxylation is 1. The lowest BCUT2D eigenvalue weighted by molar-refractivity contribution is 0.0698. The Balaban J connectivity index is 2.14. The zero-order valence-corrected chi connectivity index (χ0v) is 12.4. The molecule has 0 atom stereocenters. The van der Waals surface area contributed by atoms with E-state index in [9.17, 15) is 13.2 Å². The van der Waals surface area contributed by atoms with Crippen LogP contribution >= 0.6 is 11.3 Å². The van der Waals surface area contributed by atoms with E-state index >= 15 is 0 Å². The van der Waals surface area contributed by atoms with Crippen molar-refractivity contribution in [2.24, 2.45) is 0 Å². The van der Waals surface area contributed by atoms with Crippen LogP contribution in [0.3, 0.4) is 0 Å². The predicted octanol–water partition coefficient (Wildman–Crippen LogP) is 1.53. The molecular formula is C12H14N2O4S2. The third kappa shape index (κ3) is 3.09. The van der Waals surface area contributed by atoms with Crippen LogP contribution in [-0.2, 0) is 16.6 Å². The molecule has 2 rings (SSSR count). The molecule has 108 valence electrons. The third-order valence-corrected chi connectivity index (χ3v) is 5.57. The van der Waals surface area contributed by atoms with E-state index in [-0.39, 0.29) is 16.3 Å². The Morgan fingerprint density at radius 3 is 2.65 bits per heavy atom. The first-order valence-corrected chi connectivity index (χ1v) is 8.20. The van der Waals surface area contributed by atoms with Crippen molar-refractivity contribution in [3.8, 4) is 0 Å². The van der Waals surface area contributed by atoms with Crippen molar-refractivity contribution < 1.29 is 18.3 Å². The topological polar surface area (TPSA) is 88.4 Å². The van der Waals surface area contributed by atoms with E-state index in [1.165, 1.54) is 5.38 Å². The summed E-state index contributed by atoms with van der Waals surface area (Å²) >= 11 is 0.918. The SMILES string of the molecule is Cc1csc(C(=O)O)c1S(=O)(=O)NCCn1cccc1. The third-order valence-electron chi connectivity index (χ3n) is 2.71. The lowest BCUT2D eigenvalue weighted by Gasteiger charge is -2.08. The second-order valence-corrected chi connectivity index (χ2v) is 6.78. The Morgan fingerprint density at radius 2 is 2.05 bits per heavy atom. The number of carboxylic acid groups (broad SMARTS) is 1. The number of nitrogens with zero attached hydrogens (tertiary/aromatic N) is 1. The lowest BCUT2D eigenvalue weighted by Crippen LogP contribution is -2.28. The van der Waals surface area contributed by atoms with Gasteiger partial charge in [-0.2, -0.15) is 0 Å². The van der Waals surface area contributed by atoms with Crippen molar-refractivity contribution in [2.75, 3.05) is 6.54 Å². The molecule has 2 N–H and O–H groups in total. The minimum atomic E-state index is -3.81. The van der Waals surface area contributed by atoms with Gasteiger partial charge in [0.1, 0.15) is 9.77 Å². The highest BCUT2D eigenvalue weighted by molar-refractivity contribution is 7.89. The van der Waals surface area contributed by atoms with Gasteiger partial charge in [-0.1, -0.05) is 0 Å². The standard InChI is InChI=1S/C12H14N2O4S2/c1-9-8-19-10(12(15)16)11(9)20(17,18)13-4-7-14-5-2-3-6-14/h2-3,5-6,8,13H,4,7H2,1H3,(H,15,16). The molecule has 2 aromatic rings. The fraction of sp³-hybridized carbons (Fsp3) is 0.250. The van der Waals surface area contributed by atoms with Crippen LogP contribution in [-0.4, -0.2) is 30.6 Å². The molecule has 0 aliphatic heterocycles. The number of aromatic carboxylic acids is 1. The van der Waals surface area contributed by atoms with Gasteiger partial charge in [0.05, 0.1) is 0 Å². The van der Waals surface area contributed by atoms with Crippen molar-refractivity contribution in [1.29, 1.82) is 0 Å². The summed E-state index contributed by atoms with van der Waals surface area (Å²) in [6.45, 7) is 2.27. The lowest BCUT2D eigenvalue weighted by atomic mass is 10.3. The molecule has 0 unspecified atom stereocenters. The number of sulfonamides is 1. The summed E-state index contributed by atoms with van der Waals surface area (Å²) in [4.78, 5) is 10.8. The van der Waals surface area contributed by atoms with E-state index in [1.807, 2.05) is 29.1 Å². The summed E-state index contributed by atoms with van der Waals surface area (Å²) in [6.07, 6.45) is 3.65. The number of thiophene rings is 1. The van der Waals surface area contributed by atoms with Crippen LogP contribution in [0.25, 0.3) is 0 Å². The molecule has 2 heterocycles. The first-order chi connectivity index (χ1) is 9.42. The highest BCUT2D eigenvalue weighted by Crippen LogP contribution is 2.26. The van der Waals surface area contributed by atoms with E-state index < -0.39 is 16.0 Å². The number of hydrogen-bond donors (Lipinski definition) is 2. The molecule has 8 heteroatoms. The van der Waals surface area contributed by atoms with E-state index in [2.05, 4.69) is 4.72 Å². The van der Waals surface area contributed by atoms with Crippen molar-refractivity contribution in [1.82, 2.24) is 9.29 Å². The first-order valence-electron chi connectivity index (χ1n) is 5.83. The molecule has 0 radical (unpaired) electrons. The van der Waals surface area contributed by atoms with Gasteiger partial charge >= 0.3 is 5.97 Å². The van der Waals surface area contributed by atoms with E-state index in [0.29, 0.717) is 12.1 Å². The van der Waals surface area contributed by atoms with Gasteiger partial charge in [-0.3, -0.25) is 0 Å². The van der Waals surface area contributed by atoms with Crippen LogP contribution in [0.5, 0.6) is 0 Å². The largest absolute Gasteiger partial charge is 0.477 e. The zero-order valence-electron chi connectivity index (χ0n) is 10.7. The fourth-order valence-electron chi connectivity index (χ4n) is 1.82. The van der Waals surface area contributed by atoms with Crippen LogP contribution in [0.4, 0.5) is 0 Å². The molecule has 0 aromatic carbocycles. The van der Waals surface area contributed by atoms with Gasteiger partial charge in [0.25, 0.3) is 0 Å². The summed E-state index contributed by atoms with van der Waals surface area (Å²) in [5.74, 6) is -1.23. The number of carbonyl (C=O) groups is 1. The second-order valence-electron chi connectivity index (χ2n) is 4.20. The Labute approximate surface area is 120 Å². The maximum atomic E-state index is 12.2. The average Bonchev–Trinajstić information content (AvgIpc) is 2.98. The quantitative estimate of drug-likeness (QED) is 0.846. The summed E-state index contributed by atoms with van der Waals surface area (Å²) in [5.41, 5.74) is 0.445. The summed E-state index contributed by atoms with van der Waals surface area (Å²) in [7, 11) is -3.81. The molecule has 0 bridgehead atoms. The van der Waals surface area contributed by atoms with Gasteiger partial charge in [-0.25, -0.2) is 17.9 Å². The van der Waals surface area contributed by atoms with Gasteiger partial charge in [-0.05, 0) is 30.0 Å². The fourth-order valence-corrected chi connectivity index (χ4v) is 4.46. The van der Waals surface area contributed by atoms with E-state index in [0.717, 1.165) is 11.3 Å². The van der Waals surface area contributed by atoms with E-state index in [1.54, 1.807) is 6.92 Å². The number of nitrogens with one attached hydrogen (secondary N) is 1. The summed E-state index contributed by atoms with van der Waals surface area (Å²) < 4.78 is 28.6. The maximum absolute atomic E-state index is 12.2. The van der Waals surface area contributed by atoms with Crippen molar-refractivity contribution >= 4 is 27.3 Å². The smallest absolute Gasteiger partial charge is 0.347 e. The second kappa shape index (κ2) is 5.78. The summed E-state index contributed by atoms with van der Waals surface area (Å²) in [5, 5.41) is 10.6. The number of rotatable bonds is 6. The van der Waals surface area contributed by atoms with Crippen LogP contribution in [0, 0.1) is 6.92 Å². The van der Waals surface area contributed by atoms with Gasteiger partial charge in [0.15, 0.2) is 0 Å². The molecule has 6 nitrogen and oxygen atoms in total. The molecule has 0 saturated heterocycles. The van der Waals surface area contributed by atoms with Gasteiger partial charge < -0.3 is 9.67 Å². The average molecular weight is 314 g/mol. The molecule has 0 spiro atoms. The zero-order chi connectivity index (χ0) is 14.8. The minimum absolute atomic E-state index is 0.137. The normalized spacial score (nSPS) is 11.7. The molecular weight excluding hydrogens is 300 g/mol. The minimum Gasteiger partial charge on any atom is -0.477 e. The highest BCUT2D eigenvalue weighted by Gasteiger charge is 2.26. The van der Waals surface area contributed by atoms with E-state index in [4.69, 9.17) is 5.11 Å². The van der Waals surface area contributed by atoms with Gasteiger partial charge in [-0.15, -0.1) is 11.3 Å². The molecule has 0 aliphatic carbocycles. The molecule has 2 aromatic heterocycles. The van der Waals surface area contributed by atoms with Crippen molar-refractivity contribution in [3.63, 3.8) is 0 Å². The van der Waals surface area contributed by atoms with Gasteiger partial charge in [0, 0.05) is 25.5 Å². The van der Waals surface area contributed by atoms with Crippen molar-refractivity contribution in [3.05, 3.63) is 40.3 Å². The first kappa shape index (κ1) is 14.8. The molecule has 0 fully saturated rings. The van der Waals surface area contributed by atoms with Gasteiger partial charge in [0.2, 0.25) is 10.0 Å². The predicted molar refractivity (Wildman–Crippen MR) is 75.6 cm³/mol. The van der Waals surface area contributed by atoms with Crippen molar-refractivity contribution in [2.45, 2.75) is 18.4 Å². The summed E-state index contributed by atoms with van der Waals surface area (Å²) in [6, 6.07) is 3.69. The number of hydrogen-bond acceptors (Lipinski definition) is 4. The number of carboxylic acids is 1. The molecule has 20 heavy (non-hydrogen) atoms. The maximum Gasteiger partial charge on any atom is 0.347 e. The van der Waals surface area contributed by atoms with Crippen LogP contribution < -0.4 is 4.72 Å². The van der Waals surface area contributed by atoms with Crippen LogP contribution in [0.15, 0.2) is 34.8 Å². The molecule has 0 aliphatic rings. The Morgan fingerprint density at radius 1 is 1.40 bits per heavy atom. The monoisotopic (exact) mass is 314 g/mol. The van der Waals surface area contributed by atoms with Crippen LogP contribution in [0.1, 0.15) is 15.2 Å². The number of aromatic nitrogens is 1. The highest BCUT2D eigenvalue weighted by atomic mass is 32.2.